The average Bonchev–Trinajstić information content (AvgIpc) is 2.56. The summed E-state index contributed by atoms with van der Waals surface area (Å²) in [7, 11) is 3.43. The molecule has 0 aliphatic rings. The molecule has 0 bridgehead atoms. The lowest BCUT2D eigenvalue weighted by atomic mass is 10.2. The van der Waals surface area contributed by atoms with Gasteiger partial charge in [-0.2, -0.15) is 0 Å². The maximum atomic E-state index is 13.2. The standard InChI is InChI=1S/C19H21ClFN3O2/c1-23(12-18(25)22-17-8-6-15(20)7-9-17)13-19(26)24(2)11-14-4-3-5-16(21)10-14/h3-10H,11-13H2,1-2H3,(H,22,25)/p+1. The van der Waals surface area contributed by atoms with E-state index in [0.29, 0.717) is 17.3 Å². The zero-order valence-electron chi connectivity index (χ0n) is 14.8. The van der Waals surface area contributed by atoms with E-state index in [2.05, 4.69) is 5.32 Å². The quantitative estimate of drug-likeness (QED) is 0.768. The van der Waals surface area contributed by atoms with Gasteiger partial charge in [0.15, 0.2) is 13.1 Å². The third-order valence-corrected chi connectivity index (χ3v) is 4.03. The Labute approximate surface area is 157 Å². The van der Waals surface area contributed by atoms with Crippen molar-refractivity contribution in [2.75, 3.05) is 32.5 Å². The molecule has 2 aromatic carbocycles. The van der Waals surface area contributed by atoms with E-state index in [4.69, 9.17) is 11.6 Å². The van der Waals surface area contributed by atoms with Crippen LogP contribution in [0, 0.1) is 5.82 Å². The number of carbonyl (C=O) groups excluding carboxylic acids is 2. The number of likely N-dealkylation sites (N-methyl/N-ethyl adjacent to an activating group) is 2. The van der Waals surface area contributed by atoms with E-state index in [1.807, 2.05) is 0 Å². The van der Waals surface area contributed by atoms with Crippen molar-refractivity contribution < 1.29 is 18.9 Å². The molecular formula is C19H22ClFN3O2+. The van der Waals surface area contributed by atoms with E-state index in [9.17, 15) is 14.0 Å². The molecule has 0 saturated heterocycles. The maximum Gasteiger partial charge on any atom is 0.279 e. The van der Waals surface area contributed by atoms with Gasteiger partial charge in [0.1, 0.15) is 5.82 Å². The summed E-state index contributed by atoms with van der Waals surface area (Å²) >= 11 is 5.81. The van der Waals surface area contributed by atoms with Gasteiger partial charge in [0.2, 0.25) is 0 Å². The van der Waals surface area contributed by atoms with Gasteiger partial charge in [-0.3, -0.25) is 9.59 Å². The molecule has 0 aromatic heterocycles. The summed E-state index contributed by atoms with van der Waals surface area (Å²) in [5, 5.41) is 3.36. The topological polar surface area (TPSA) is 53.9 Å². The summed E-state index contributed by atoms with van der Waals surface area (Å²) in [5.41, 5.74) is 1.38. The van der Waals surface area contributed by atoms with E-state index in [-0.39, 0.29) is 30.7 Å². The second kappa shape index (κ2) is 9.31. The molecule has 0 fully saturated rings. The minimum absolute atomic E-state index is 0.119. The van der Waals surface area contributed by atoms with Crippen LogP contribution in [0.3, 0.4) is 0 Å². The van der Waals surface area contributed by atoms with Crippen molar-refractivity contribution in [3.63, 3.8) is 0 Å². The SMILES string of the molecule is CN(Cc1cccc(F)c1)C(=O)C[NH+](C)CC(=O)Nc1ccc(Cl)cc1. The van der Waals surface area contributed by atoms with Crippen LogP contribution in [0.1, 0.15) is 5.56 Å². The number of hydrogen-bond acceptors (Lipinski definition) is 2. The Morgan fingerprint density at radius 2 is 1.85 bits per heavy atom. The largest absolute Gasteiger partial charge is 0.337 e. The van der Waals surface area contributed by atoms with Crippen LogP contribution in [0.25, 0.3) is 0 Å². The van der Waals surface area contributed by atoms with Crippen LogP contribution in [-0.2, 0) is 16.1 Å². The van der Waals surface area contributed by atoms with Crippen molar-refractivity contribution in [2.45, 2.75) is 6.54 Å². The van der Waals surface area contributed by atoms with Gasteiger partial charge in [-0.25, -0.2) is 4.39 Å². The predicted molar refractivity (Wildman–Crippen MR) is 99.6 cm³/mol. The molecule has 2 rings (SSSR count). The number of rotatable bonds is 7. The number of carbonyl (C=O) groups is 2. The van der Waals surface area contributed by atoms with E-state index in [0.717, 1.165) is 10.5 Å². The summed E-state index contributed by atoms with van der Waals surface area (Å²) < 4.78 is 13.2. The van der Waals surface area contributed by atoms with Crippen LogP contribution >= 0.6 is 11.6 Å². The molecule has 0 spiro atoms. The highest BCUT2D eigenvalue weighted by Gasteiger charge is 2.17. The van der Waals surface area contributed by atoms with Crippen LogP contribution in [0.5, 0.6) is 0 Å². The molecular weight excluding hydrogens is 357 g/mol. The maximum absolute atomic E-state index is 13.2. The van der Waals surface area contributed by atoms with Crippen molar-refractivity contribution in [3.05, 3.63) is 64.9 Å². The molecule has 26 heavy (non-hydrogen) atoms. The molecule has 2 amide bonds. The summed E-state index contributed by atoms with van der Waals surface area (Å²) in [5.74, 6) is -0.638. The van der Waals surface area contributed by atoms with Crippen LogP contribution in [-0.4, -0.2) is 43.9 Å². The minimum atomic E-state index is -0.329. The number of amides is 2. The average molecular weight is 379 g/mol. The van der Waals surface area contributed by atoms with Gasteiger partial charge in [-0.05, 0) is 42.0 Å². The molecule has 138 valence electrons. The van der Waals surface area contributed by atoms with Gasteiger partial charge in [-0.15, -0.1) is 0 Å². The number of nitrogens with one attached hydrogen (secondary N) is 2. The van der Waals surface area contributed by atoms with Crippen molar-refractivity contribution in [1.82, 2.24) is 4.90 Å². The number of anilines is 1. The summed E-state index contributed by atoms with van der Waals surface area (Å²) in [6.45, 7) is 0.642. The fraction of sp³-hybridized carbons (Fsp3) is 0.263. The van der Waals surface area contributed by atoms with Gasteiger partial charge in [-0.1, -0.05) is 23.7 Å². The van der Waals surface area contributed by atoms with E-state index in [1.165, 1.54) is 17.0 Å². The smallest absolute Gasteiger partial charge is 0.279 e. The molecule has 0 radical (unpaired) electrons. The lowest BCUT2D eigenvalue weighted by Gasteiger charge is -2.20. The highest BCUT2D eigenvalue weighted by atomic mass is 35.5. The summed E-state index contributed by atoms with van der Waals surface area (Å²) in [6.07, 6.45) is 0. The third kappa shape index (κ3) is 6.46. The van der Waals surface area contributed by atoms with Crippen LogP contribution in [0.4, 0.5) is 10.1 Å². The molecule has 0 aliphatic carbocycles. The Morgan fingerprint density at radius 1 is 1.15 bits per heavy atom. The van der Waals surface area contributed by atoms with Crippen molar-refractivity contribution in [1.29, 1.82) is 0 Å². The fourth-order valence-electron chi connectivity index (χ4n) is 2.47. The van der Waals surface area contributed by atoms with Gasteiger partial charge < -0.3 is 15.1 Å². The Bertz CT molecular complexity index is 768. The van der Waals surface area contributed by atoms with Crippen molar-refractivity contribution >= 4 is 29.1 Å². The lowest BCUT2D eigenvalue weighted by Crippen LogP contribution is -3.11. The highest BCUT2D eigenvalue weighted by molar-refractivity contribution is 6.30. The van der Waals surface area contributed by atoms with Gasteiger partial charge in [0, 0.05) is 24.3 Å². The minimum Gasteiger partial charge on any atom is -0.337 e. The van der Waals surface area contributed by atoms with E-state index in [1.54, 1.807) is 50.5 Å². The first-order valence-corrected chi connectivity index (χ1v) is 8.56. The Morgan fingerprint density at radius 3 is 2.50 bits per heavy atom. The van der Waals surface area contributed by atoms with Crippen LogP contribution in [0.15, 0.2) is 48.5 Å². The first kappa shape index (κ1) is 19.9. The molecule has 7 heteroatoms. The number of hydrogen-bond donors (Lipinski definition) is 2. The van der Waals surface area contributed by atoms with E-state index >= 15 is 0 Å². The van der Waals surface area contributed by atoms with Gasteiger partial charge >= 0.3 is 0 Å². The Kier molecular flexibility index (Phi) is 7.12. The van der Waals surface area contributed by atoms with Gasteiger partial charge in [0.05, 0.1) is 7.05 Å². The monoisotopic (exact) mass is 378 g/mol. The lowest BCUT2D eigenvalue weighted by molar-refractivity contribution is -0.862. The molecule has 1 atom stereocenters. The van der Waals surface area contributed by atoms with Crippen LogP contribution in [0.2, 0.25) is 5.02 Å². The molecule has 0 heterocycles. The first-order chi connectivity index (χ1) is 12.3. The number of benzene rings is 2. The number of quaternary nitrogens is 1. The third-order valence-electron chi connectivity index (χ3n) is 3.78. The molecule has 2 aromatic rings. The summed E-state index contributed by atoms with van der Waals surface area (Å²) in [4.78, 5) is 26.6. The fourth-order valence-corrected chi connectivity index (χ4v) is 2.59. The second-order valence-corrected chi connectivity index (χ2v) is 6.68. The zero-order chi connectivity index (χ0) is 19.1. The zero-order valence-corrected chi connectivity index (χ0v) is 15.5. The molecule has 5 nitrogen and oxygen atoms in total. The Balaban J connectivity index is 1.80. The number of nitrogens with zero attached hydrogens (tertiary/aromatic N) is 1. The molecule has 0 saturated carbocycles. The number of halogens is 2. The van der Waals surface area contributed by atoms with Crippen LogP contribution < -0.4 is 10.2 Å². The molecule has 1 unspecified atom stereocenters. The summed E-state index contributed by atoms with van der Waals surface area (Å²) in [6, 6.07) is 13.0. The van der Waals surface area contributed by atoms with Crippen molar-refractivity contribution in [3.8, 4) is 0 Å². The predicted octanol–water partition coefficient (Wildman–Crippen LogP) is 1.59. The highest BCUT2D eigenvalue weighted by Crippen LogP contribution is 2.12. The molecule has 0 aliphatic heterocycles. The van der Waals surface area contributed by atoms with Gasteiger partial charge in [0.25, 0.3) is 11.8 Å². The normalized spacial score (nSPS) is 11.7. The Hall–Kier alpha value is -2.44. The first-order valence-electron chi connectivity index (χ1n) is 8.18. The molecule has 2 N–H and O–H groups in total. The second-order valence-electron chi connectivity index (χ2n) is 6.25. The van der Waals surface area contributed by atoms with Crippen molar-refractivity contribution in [2.24, 2.45) is 0 Å². The van der Waals surface area contributed by atoms with E-state index < -0.39 is 0 Å².